The molecule has 3 fully saturated rings. The van der Waals surface area contributed by atoms with Crippen LogP contribution in [-0.2, 0) is 47.8 Å². The van der Waals surface area contributed by atoms with Gasteiger partial charge in [-0.1, -0.05) is 82.7 Å². The number of benzene rings is 3. The minimum atomic E-state index is -4.20. The second kappa shape index (κ2) is 32.5. The van der Waals surface area contributed by atoms with Gasteiger partial charge >= 0.3 is 17.9 Å². The highest BCUT2D eigenvalue weighted by Crippen LogP contribution is 2.48. The lowest BCUT2D eigenvalue weighted by atomic mass is 9.79. The third kappa shape index (κ3) is 17.5. The number of ether oxygens (including phenoxy) is 9. The molecular formula is C72H114N6O12. The van der Waals surface area contributed by atoms with E-state index in [-0.39, 0.29) is 26.9 Å². The molecule has 9 rings (SSSR count). The zero-order valence-electron chi connectivity index (χ0n) is 108. The lowest BCUT2D eigenvalue weighted by Crippen LogP contribution is -2.51. The van der Waals surface area contributed by atoms with Crippen LogP contribution in [0.3, 0.4) is 0 Å². The molecule has 3 aromatic carbocycles. The average molecular weight is 1310 g/mol. The van der Waals surface area contributed by atoms with Crippen molar-refractivity contribution in [2.24, 2.45) is 70.3 Å². The summed E-state index contributed by atoms with van der Waals surface area (Å²) in [5.41, 5.74) is 13.6. The number of nitrogens with zero attached hydrogens (tertiary/aromatic N) is 3. The van der Waals surface area contributed by atoms with Crippen molar-refractivity contribution in [1.82, 2.24) is 14.7 Å². The number of piperidine rings is 3. The minimum Gasteiger partial charge on any atom is -0.493 e. The van der Waals surface area contributed by atoms with Gasteiger partial charge in [0.15, 0.2) is 34.5 Å². The van der Waals surface area contributed by atoms with E-state index in [0.717, 1.165) is 38.5 Å². The Morgan fingerprint density at radius 2 is 0.933 bits per heavy atom. The van der Waals surface area contributed by atoms with Crippen LogP contribution < -0.4 is 45.6 Å². The number of carbonyl (C=O) groups excluding carboxylic acids is 3. The van der Waals surface area contributed by atoms with Crippen LogP contribution in [0.5, 0.6) is 34.5 Å². The van der Waals surface area contributed by atoms with E-state index in [1.807, 2.05) is 0 Å². The first-order chi connectivity index (χ1) is 64.7. The van der Waals surface area contributed by atoms with Gasteiger partial charge in [-0.05, 0) is 144 Å². The molecule has 6 heterocycles. The third-order valence-electron chi connectivity index (χ3n) is 13.7. The van der Waals surface area contributed by atoms with Crippen LogP contribution in [0.4, 0.5) is 0 Å². The summed E-state index contributed by atoms with van der Waals surface area (Å²) in [4.78, 5) is 42.0. The molecule has 9 unspecified atom stereocenters. The highest BCUT2D eigenvalue weighted by Gasteiger charge is 2.45. The van der Waals surface area contributed by atoms with E-state index in [0.29, 0.717) is 4.90 Å². The first-order valence-corrected chi connectivity index (χ1v) is 27.7. The van der Waals surface area contributed by atoms with Gasteiger partial charge < -0.3 is 59.8 Å². The van der Waals surface area contributed by atoms with E-state index >= 15 is 0 Å². The van der Waals surface area contributed by atoms with E-state index in [2.05, 4.69) is 0 Å². The van der Waals surface area contributed by atoms with Gasteiger partial charge in [0.25, 0.3) is 0 Å². The lowest BCUT2D eigenvalue weighted by Gasteiger charge is -2.47. The van der Waals surface area contributed by atoms with Gasteiger partial charge in [0.2, 0.25) is 0 Å². The number of aryl methyl sites for hydroxylation is 2. The topological polar surface area (TPSA) is 222 Å². The smallest absolute Gasteiger partial charge is 0.323 e. The van der Waals surface area contributed by atoms with E-state index in [1.165, 1.54) is 55.8 Å². The number of nitrogens with two attached hydrogens (primary N) is 3. The second-order valence-electron chi connectivity index (χ2n) is 21.6. The van der Waals surface area contributed by atoms with Crippen LogP contribution >= 0.6 is 0 Å². The van der Waals surface area contributed by atoms with Gasteiger partial charge in [0.05, 0.1) is 60.3 Å². The molecule has 0 amide bonds. The summed E-state index contributed by atoms with van der Waals surface area (Å²) in [5.74, 6) is -34.1. The Kier molecular flexibility index (Phi) is 9.80. The summed E-state index contributed by atoms with van der Waals surface area (Å²) in [7, 11) is -1.93. The van der Waals surface area contributed by atoms with Crippen LogP contribution in [0.2, 0.25) is 0 Å². The predicted molar refractivity (Wildman–Crippen MR) is 353 cm³/mol. The Morgan fingerprint density at radius 3 is 1.37 bits per heavy atom. The monoisotopic (exact) mass is 1310 g/mol. The molecule has 6 aliphatic rings. The highest BCUT2D eigenvalue weighted by atomic mass is 16.6. The number of carbonyl (C=O) groups is 3. The molecule has 0 spiro atoms. The van der Waals surface area contributed by atoms with Crippen LogP contribution in [-0.4, -0.2) is 150 Å². The Hall–Kier alpha value is -5.37. The number of hydrogen-bond donors (Lipinski definition) is 3. The molecule has 3 saturated heterocycles. The fourth-order valence-electron chi connectivity index (χ4n) is 9.50. The summed E-state index contributed by atoms with van der Waals surface area (Å²) in [5, 5.41) is 0. The largest absolute Gasteiger partial charge is 0.493 e. The first kappa shape index (κ1) is 27.2. The molecule has 3 aromatic rings. The van der Waals surface area contributed by atoms with Crippen LogP contribution in [0.1, 0.15) is 251 Å². The molecule has 18 nitrogen and oxygen atoms in total. The van der Waals surface area contributed by atoms with Crippen molar-refractivity contribution in [3.05, 3.63) is 69.7 Å². The van der Waals surface area contributed by atoms with Crippen molar-refractivity contribution in [2.45, 2.75) is 195 Å². The standard InChI is InChI=1S/3C24H38N2O4/c3*1-14(2)9-17-13-26-8-7-16-10-21(28-5)22(29-6)11-18(16)19(26)12-20(17)30-24(27)23(25)15(3)4/h3*10-11,14-15,17,19-20,23H,7-9,12-13,25H2,1-6H3/t3*17?,19?,20?,23-/m000/s1/i3D3,4D3,5D3,10D,11D,12D2,13D2,15D,17D,19D,20D,23D;3D3,4D3,5D3,7D2,8D2,12D2,13D2,15D,17D,23D;3D3,4D3,7D2,8D2,12D2,13D2,15D,17D,23D. The molecule has 0 saturated carbocycles. The summed E-state index contributed by atoms with van der Waals surface area (Å²) in [6.07, 6.45) is -29.2. The Balaban J connectivity index is 0.000000299. The van der Waals surface area contributed by atoms with E-state index in [1.54, 1.807) is 0 Å². The van der Waals surface area contributed by atoms with Crippen LogP contribution in [0, 0.1) is 53.1 Å². The zero-order valence-corrected chi connectivity index (χ0v) is 50.9. The normalized spacial score (nSPS) is 46.4. The van der Waals surface area contributed by atoms with Crippen molar-refractivity contribution >= 4 is 17.9 Å². The fourth-order valence-corrected chi connectivity index (χ4v) is 9.50. The predicted octanol–water partition coefficient (Wildman–Crippen LogP) is 10.7. The number of fused-ring (bicyclic) bond motifs is 9. The first-order valence-electron chi connectivity index (χ1n) is 56.2. The second-order valence-corrected chi connectivity index (χ2v) is 21.6. The molecular weight excluding hydrogens is 1140 g/mol. The van der Waals surface area contributed by atoms with Crippen LogP contribution in [0.15, 0.2) is 36.4 Å². The van der Waals surface area contributed by atoms with Gasteiger partial charge in [-0.3, -0.25) is 29.1 Å². The molecule has 18 heteroatoms. The molecule has 6 N–H and O–H groups in total. The Morgan fingerprint density at radius 1 is 0.533 bits per heavy atom. The molecule has 0 aromatic heterocycles. The molecule has 0 aliphatic carbocycles. The highest BCUT2D eigenvalue weighted by molar-refractivity contribution is 5.77. The molecule has 90 heavy (non-hydrogen) atoms. The molecule has 0 radical (unpaired) electrons. The number of rotatable bonds is 21. The van der Waals surface area contributed by atoms with Gasteiger partial charge in [0.1, 0.15) is 36.3 Å². The number of methoxy groups -OCH3 is 6. The summed E-state index contributed by atoms with van der Waals surface area (Å²) in [6, 6.07) is -18.2. The maximum Gasteiger partial charge on any atom is 0.323 e. The zero-order chi connectivity index (χ0) is 116. The average Bonchev–Trinajstić information content (AvgIpc) is 0.649. The van der Waals surface area contributed by atoms with Gasteiger partial charge in [-0.25, -0.2) is 0 Å². The van der Waals surface area contributed by atoms with Gasteiger partial charge in [-0.2, -0.15) is 0 Å². The number of hydrogen-bond acceptors (Lipinski definition) is 18. The fraction of sp³-hybridized carbons (Fsp3) is 0.708. The molecule has 0 bridgehead atoms. The van der Waals surface area contributed by atoms with E-state index in [4.69, 9.17) is 117 Å². The summed E-state index contributed by atoms with van der Waals surface area (Å²) in [6.45, 7) is -33.1. The van der Waals surface area contributed by atoms with E-state index in [9.17, 15) is 34.9 Å². The van der Waals surface area contributed by atoms with Crippen molar-refractivity contribution in [1.29, 1.82) is 0 Å². The quantitative estimate of drug-likeness (QED) is 0.0666. The van der Waals surface area contributed by atoms with E-state index < -0.39 is 340 Å². The van der Waals surface area contributed by atoms with Gasteiger partial charge in [0, 0.05) is 154 Å². The third-order valence-corrected chi connectivity index (χ3v) is 13.7. The molecule has 12 atom stereocenters. The maximum atomic E-state index is 13.8. The lowest BCUT2D eigenvalue weighted by molar-refractivity contribution is -0.161. The van der Waals surface area contributed by atoms with Crippen molar-refractivity contribution in [3.63, 3.8) is 0 Å². The Labute approximate surface area is 619 Å². The molecule has 504 valence electrons. The van der Waals surface area contributed by atoms with Crippen LogP contribution in [0.25, 0.3) is 0 Å². The SMILES string of the molecule is [2H]C([2H])([2H])Oc1cc2c(cc1OC)C1N(C([2H])([2H])C2([2H])[2H])C([2H])([2H])C([2H])(CC(C)C)C(OC(=O)[C@@]([2H])(N)C([2H])(C([2H])([2H])[2H])C([2H])([2H])[2H])C1([2H])[2H].[2H]C1([2H])C2c3cc(OC)c(OC)cc3C([2H])([2H])C([2H])([2H])N2C([2H])([2H])C([2H])(CC(C)C)C1OC(=O)[C@@]([2H])(N)C([2H])(C([2H])([2H])[2H])C([2H])([2H])[2H].[2H]c1c2c(c([2H])c(OC)c1OC([2H])([2H])[2H])C1([2H])N(CC2)C([2H])([2H])C([2H])(CC(C)C)C([2H])(OC(=O)[C@@]([2H])(N)C([2H])(C([2H])([2H])[2H])C([2H])([2H])[2H])C1([2H])[2H]. The minimum absolute atomic E-state index is 0.0837. The van der Waals surface area contributed by atoms with Gasteiger partial charge in [-0.15, -0.1) is 0 Å². The summed E-state index contributed by atoms with van der Waals surface area (Å²) < 4.78 is 526. The Bertz CT molecular complexity index is 5400. The summed E-state index contributed by atoms with van der Waals surface area (Å²) >= 11 is 0. The van der Waals surface area contributed by atoms with Crippen molar-refractivity contribution in [2.75, 3.05) is 81.5 Å². The van der Waals surface area contributed by atoms with Crippen molar-refractivity contribution < 1.29 is 135 Å². The number of esters is 3. The van der Waals surface area contributed by atoms with Crippen molar-refractivity contribution in [3.8, 4) is 34.5 Å². The maximum absolute atomic E-state index is 13.8. The molecule has 6 aliphatic heterocycles.